The maximum absolute atomic E-state index is 12.4. The Bertz CT molecular complexity index is 698. The molecule has 3 rings (SSSR count). The lowest BCUT2D eigenvalue weighted by atomic mass is 10.1. The van der Waals surface area contributed by atoms with Crippen LogP contribution < -0.4 is 0 Å². The Morgan fingerprint density at radius 1 is 1.30 bits per heavy atom. The van der Waals surface area contributed by atoms with Gasteiger partial charge in [0.25, 0.3) is 0 Å². The summed E-state index contributed by atoms with van der Waals surface area (Å²) < 4.78 is 5.82. The van der Waals surface area contributed by atoms with Crippen LogP contribution >= 0.6 is 0 Å². The number of ether oxygens (including phenoxy) is 1. The first-order chi connectivity index (χ1) is 11.2. The van der Waals surface area contributed by atoms with E-state index in [0.29, 0.717) is 19.7 Å². The van der Waals surface area contributed by atoms with Crippen LogP contribution in [-0.2, 0) is 9.53 Å². The number of benzene rings is 1. The number of carbonyl (C=O) groups is 1. The zero-order valence-corrected chi connectivity index (χ0v) is 13.2. The summed E-state index contributed by atoms with van der Waals surface area (Å²) in [5.74, 6) is 0.0212. The third kappa shape index (κ3) is 4.05. The van der Waals surface area contributed by atoms with Crippen LogP contribution in [0.25, 0.3) is 6.08 Å². The first-order valence-electron chi connectivity index (χ1n) is 7.78. The molecule has 2 aromatic rings. The van der Waals surface area contributed by atoms with Gasteiger partial charge in [-0.3, -0.25) is 9.78 Å². The molecule has 4 heteroatoms. The second-order valence-corrected chi connectivity index (χ2v) is 5.62. The highest BCUT2D eigenvalue weighted by Gasteiger charge is 2.24. The molecule has 0 radical (unpaired) electrons. The summed E-state index contributed by atoms with van der Waals surface area (Å²) in [6.45, 7) is 3.70. The monoisotopic (exact) mass is 308 g/mol. The molecular formula is C19H20N2O2. The van der Waals surface area contributed by atoms with Crippen LogP contribution in [0.5, 0.6) is 0 Å². The molecule has 1 amide bonds. The Kier molecular flexibility index (Phi) is 4.83. The van der Waals surface area contributed by atoms with Gasteiger partial charge in [-0.1, -0.05) is 30.3 Å². The second-order valence-electron chi connectivity index (χ2n) is 5.62. The molecule has 0 aliphatic carbocycles. The van der Waals surface area contributed by atoms with E-state index in [1.165, 1.54) is 0 Å². The first kappa shape index (κ1) is 15.4. The van der Waals surface area contributed by atoms with E-state index < -0.39 is 0 Å². The average molecular weight is 308 g/mol. The predicted molar refractivity (Wildman–Crippen MR) is 89.7 cm³/mol. The summed E-state index contributed by atoms with van der Waals surface area (Å²) in [5, 5.41) is 0. The van der Waals surface area contributed by atoms with Crippen molar-refractivity contribution in [2.24, 2.45) is 0 Å². The summed E-state index contributed by atoms with van der Waals surface area (Å²) >= 11 is 0. The van der Waals surface area contributed by atoms with Crippen molar-refractivity contribution in [2.45, 2.75) is 13.0 Å². The van der Waals surface area contributed by atoms with Gasteiger partial charge < -0.3 is 9.64 Å². The second kappa shape index (κ2) is 7.20. The molecule has 1 saturated heterocycles. The van der Waals surface area contributed by atoms with E-state index in [1.807, 2.05) is 60.4 Å². The van der Waals surface area contributed by atoms with Crippen molar-refractivity contribution >= 4 is 12.0 Å². The molecule has 1 aliphatic heterocycles. The smallest absolute Gasteiger partial charge is 0.246 e. The predicted octanol–water partition coefficient (Wildman–Crippen LogP) is 3.00. The van der Waals surface area contributed by atoms with Gasteiger partial charge in [-0.2, -0.15) is 0 Å². The molecule has 1 atom stereocenters. The number of aryl methyl sites for hydroxylation is 1. The molecule has 1 aromatic heterocycles. The van der Waals surface area contributed by atoms with E-state index in [2.05, 4.69) is 4.98 Å². The molecule has 0 N–H and O–H groups in total. The standard InChI is InChI=1S/C19H20N2O2/c1-15-13-17(9-10-20-15)18-14-21(11-12-23-18)19(22)8-7-16-5-3-2-4-6-16/h2-10,13,18H,11-12,14H2,1H3/b8-7+/t18-/m1/s1. The van der Waals surface area contributed by atoms with Crippen LogP contribution in [0.15, 0.2) is 54.7 Å². The summed E-state index contributed by atoms with van der Waals surface area (Å²) in [6, 6.07) is 13.8. The zero-order chi connectivity index (χ0) is 16.1. The number of pyridine rings is 1. The van der Waals surface area contributed by atoms with Crippen LogP contribution in [0.2, 0.25) is 0 Å². The normalized spacial score (nSPS) is 18.3. The van der Waals surface area contributed by atoms with E-state index in [-0.39, 0.29) is 12.0 Å². The number of carbonyl (C=O) groups excluding carboxylic acids is 1. The van der Waals surface area contributed by atoms with Gasteiger partial charge in [-0.15, -0.1) is 0 Å². The van der Waals surface area contributed by atoms with E-state index in [1.54, 1.807) is 12.3 Å². The summed E-state index contributed by atoms with van der Waals surface area (Å²) in [4.78, 5) is 18.4. The van der Waals surface area contributed by atoms with Gasteiger partial charge in [0.2, 0.25) is 5.91 Å². The van der Waals surface area contributed by atoms with Crippen molar-refractivity contribution in [3.05, 3.63) is 71.6 Å². The third-order valence-corrected chi connectivity index (χ3v) is 3.89. The van der Waals surface area contributed by atoms with E-state index in [0.717, 1.165) is 16.8 Å². The Morgan fingerprint density at radius 3 is 2.91 bits per heavy atom. The molecule has 0 unspecified atom stereocenters. The number of hydrogen-bond donors (Lipinski definition) is 0. The van der Waals surface area contributed by atoms with Crippen LogP contribution in [0.3, 0.4) is 0 Å². The van der Waals surface area contributed by atoms with Crippen molar-refractivity contribution < 1.29 is 9.53 Å². The molecule has 118 valence electrons. The largest absolute Gasteiger partial charge is 0.370 e. The highest BCUT2D eigenvalue weighted by Crippen LogP contribution is 2.22. The highest BCUT2D eigenvalue weighted by molar-refractivity contribution is 5.91. The van der Waals surface area contributed by atoms with Gasteiger partial charge in [-0.05, 0) is 36.3 Å². The fourth-order valence-electron chi connectivity index (χ4n) is 2.66. The van der Waals surface area contributed by atoms with Crippen LogP contribution in [-0.4, -0.2) is 35.5 Å². The van der Waals surface area contributed by atoms with Gasteiger partial charge >= 0.3 is 0 Å². The summed E-state index contributed by atoms with van der Waals surface area (Å²) in [7, 11) is 0. The van der Waals surface area contributed by atoms with E-state index >= 15 is 0 Å². The fourth-order valence-corrected chi connectivity index (χ4v) is 2.66. The minimum Gasteiger partial charge on any atom is -0.370 e. The number of rotatable bonds is 3. The third-order valence-electron chi connectivity index (χ3n) is 3.89. The number of nitrogens with zero attached hydrogens (tertiary/aromatic N) is 2. The van der Waals surface area contributed by atoms with E-state index in [4.69, 9.17) is 4.74 Å². The van der Waals surface area contributed by atoms with Crippen molar-refractivity contribution in [1.82, 2.24) is 9.88 Å². The van der Waals surface area contributed by atoms with Crippen LogP contribution in [0.1, 0.15) is 22.9 Å². The quantitative estimate of drug-likeness (QED) is 0.819. The van der Waals surface area contributed by atoms with Crippen molar-refractivity contribution in [2.75, 3.05) is 19.7 Å². The van der Waals surface area contributed by atoms with E-state index in [9.17, 15) is 4.79 Å². The Balaban J connectivity index is 1.66. The lowest BCUT2D eigenvalue weighted by Gasteiger charge is -2.32. The maximum Gasteiger partial charge on any atom is 0.246 e. The van der Waals surface area contributed by atoms with Gasteiger partial charge in [0.1, 0.15) is 6.10 Å². The molecule has 1 aliphatic rings. The molecule has 0 bridgehead atoms. The molecule has 4 nitrogen and oxygen atoms in total. The van der Waals surface area contributed by atoms with Gasteiger partial charge in [0.05, 0.1) is 13.2 Å². The fraction of sp³-hybridized carbons (Fsp3) is 0.263. The topological polar surface area (TPSA) is 42.4 Å². The molecular weight excluding hydrogens is 288 g/mol. The highest BCUT2D eigenvalue weighted by atomic mass is 16.5. The summed E-state index contributed by atoms with van der Waals surface area (Å²) in [6.07, 6.45) is 5.18. The first-order valence-corrected chi connectivity index (χ1v) is 7.78. The van der Waals surface area contributed by atoms with Crippen LogP contribution in [0, 0.1) is 6.92 Å². The Labute approximate surface area is 136 Å². The maximum atomic E-state index is 12.4. The van der Waals surface area contributed by atoms with Crippen molar-refractivity contribution in [3.8, 4) is 0 Å². The molecule has 1 aromatic carbocycles. The minimum atomic E-state index is -0.0838. The number of amides is 1. The zero-order valence-electron chi connectivity index (χ0n) is 13.2. The minimum absolute atomic E-state index is 0.0212. The molecule has 23 heavy (non-hydrogen) atoms. The SMILES string of the molecule is Cc1cc([C@H]2CN(C(=O)/C=C/c3ccccc3)CCO2)ccn1. The van der Waals surface area contributed by atoms with Gasteiger partial charge in [0, 0.05) is 24.5 Å². The number of hydrogen-bond acceptors (Lipinski definition) is 3. The van der Waals surface area contributed by atoms with Gasteiger partial charge in [-0.25, -0.2) is 0 Å². The Hall–Kier alpha value is -2.46. The molecule has 1 fully saturated rings. The average Bonchev–Trinajstić information content (AvgIpc) is 2.61. The lowest BCUT2D eigenvalue weighted by Crippen LogP contribution is -2.41. The lowest BCUT2D eigenvalue weighted by molar-refractivity contribution is -0.133. The summed E-state index contributed by atoms with van der Waals surface area (Å²) in [5.41, 5.74) is 3.05. The van der Waals surface area contributed by atoms with Crippen molar-refractivity contribution in [1.29, 1.82) is 0 Å². The molecule has 2 heterocycles. The number of morpholine rings is 1. The molecule has 0 spiro atoms. The van der Waals surface area contributed by atoms with Crippen LogP contribution in [0.4, 0.5) is 0 Å². The van der Waals surface area contributed by atoms with Gasteiger partial charge in [0.15, 0.2) is 0 Å². The van der Waals surface area contributed by atoms with Crippen molar-refractivity contribution in [3.63, 3.8) is 0 Å². The number of aromatic nitrogens is 1. The Morgan fingerprint density at radius 2 is 2.13 bits per heavy atom. The molecule has 0 saturated carbocycles.